The molecule has 0 atom stereocenters. The van der Waals surface area contributed by atoms with E-state index in [1.54, 1.807) is 24.3 Å². The maximum absolute atomic E-state index is 12.8. The Kier molecular flexibility index (Phi) is 7.26. The summed E-state index contributed by atoms with van der Waals surface area (Å²) in [5.74, 6) is -0.575. The summed E-state index contributed by atoms with van der Waals surface area (Å²) < 4.78 is 38.4. The summed E-state index contributed by atoms with van der Waals surface area (Å²) in [5, 5.41) is 5.93. The minimum absolute atomic E-state index is 0.188. The molecular formula is C18H22ClF3N4O. The number of aromatic amines is 1. The largest absolute Gasteiger partial charge is 0.432 e. The van der Waals surface area contributed by atoms with E-state index < -0.39 is 17.8 Å². The smallest absolute Gasteiger partial charge is 0.332 e. The second-order valence-corrected chi connectivity index (χ2v) is 6.42. The van der Waals surface area contributed by atoms with Gasteiger partial charge in [0.15, 0.2) is 5.69 Å². The average molecular weight is 403 g/mol. The van der Waals surface area contributed by atoms with Crippen LogP contribution >= 0.6 is 11.6 Å². The minimum atomic E-state index is -4.58. The Balaban J connectivity index is 2.23. The van der Waals surface area contributed by atoms with Gasteiger partial charge in [-0.25, -0.2) is 0 Å². The van der Waals surface area contributed by atoms with Crippen molar-refractivity contribution >= 4 is 17.5 Å². The number of alkyl halides is 3. The molecule has 0 spiro atoms. The average Bonchev–Trinajstić information content (AvgIpc) is 3.13. The fourth-order valence-electron chi connectivity index (χ4n) is 2.63. The number of aromatic nitrogens is 2. The van der Waals surface area contributed by atoms with Crippen LogP contribution in [0.2, 0.25) is 5.02 Å². The van der Waals surface area contributed by atoms with Crippen molar-refractivity contribution in [1.29, 1.82) is 0 Å². The van der Waals surface area contributed by atoms with E-state index in [2.05, 4.69) is 10.00 Å². The van der Waals surface area contributed by atoms with Crippen molar-refractivity contribution in [2.75, 3.05) is 26.2 Å². The van der Waals surface area contributed by atoms with E-state index in [1.807, 2.05) is 18.9 Å². The van der Waals surface area contributed by atoms with Gasteiger partial charge < -0.3 is 9.80 Å². The first-order chi connectivity index (χ1) is 12.8. The molecule has 0 fully saturated rings. The Bertz CT molecular complexity index is 759. The third kappa shape index (κ3) is 5.71. The van der Waals surface area contributed by atoms with E-state index in [0.717, 1.165) is 24.7 Å². The number of nitrogens with zero attached hydrogens (tertiary/aromatic N) is 3. The van der Waals surface area contributed by atoms with Gasteiger partial charge in [0, 0.05) is 30.7 Å². The van der Waals surface area contributed by atoms with Gasteiger partial charge in [-0.05, 0) is 24.7 Å². The van der Waals surface area contributed by atoms with Crippen molar-refractivity contribution in [1.82, 2.24) is 20.0 Å². The van der Waals surface area contributed by atoms with Crippen LogP contribution in [0.3, 0.4) is 0 Å². The van der Waals surface area contributed by atoms with Gasteiger partial charge in [-0.1, -0.05) is 43.6 Å². The van der Waals surface area contributed by atoms with Crippen LogP contribution in [0.25, 0.3) is 0 Å². The van der Waals surface area contributed by atoms with Crippen LogP contribution < -0.4 is 0 Å². The molecule has 0 saturated heterocycles. The summed E-state index contributed by atoms with van der Waals surface area (Å²) in [7, 11) is 0. The lowest BCUT2D eigenvalue weighted by Gasteiger charge is -2.26. The molecule has 1 heterocycles. The molecule has 0 aliphatic heterocycles. The van der Waals surface area contributed by atoms with Gasteiger partial charge in [0.2, 0.25) is 0 Å². The number of hydrogen-bond acceptors (Lipinski definition) is 3. The normalized spacial score (nSPS) is 11.8. The first-order valence-corrected chi connectivity index (χ1v) is 9.01. The molecule has 0 unspecified atom stereocenters. The van der Waals surface area contributed by atoms with Gasteiger partial charge >= 0.3 is 6.18 Å². The third-order valence-electron chi connectivity index (χ3n) is 4.29. The van der Waals surface area contributed by atoms with Gasteiger partial charge in [-0.2, -0.15) is 18.3 Å². The number of likely N-dealkylation sites (N-methyl/N-ethyl adjacent to an activating group) is 1. The SMILES string of the molecule is CCN(CC)CCN(Cc1ccccc1Cl)C(=O)c1cc(C(F)(F)F)[nH]n1. The molecule has 0 radical (unpaired) electrons. The van der Waals surface area contributed by atoms with Crippen LogP contribution in [-0.4, -0.2) is 52.1 Å². The quantitative estimate of drug-likeness (QED) is 0.724. The fraction of sp³-hybridized carbons (Fsp3) is 0.444. The first kappa shape index (κ1) is 21.2. The maximum atomic E-state index is 12.8. The monoisotopic (exact) mass is 402 g/mol. The van der Waals surface area contributed by atoms with E-state index in [1.165, 1.54) is 4.90 Å². The zero-order valence-electron chi connectivity index (χ0n) is 15.2. The van der Waals surface area contributed by atoms with Crippen LogP contribution in [0, 0.1) is 0 Å². The zero-order valence-corrected chi connectivity index (χ0v) is 15.9. The molecule has 1 aromatic carbocycles. The number of benzene rings is 1. The van der Waals surface area contributed by atoms with Crippen molar-refractivity contribution in [3.8, 4) is 0 Å². The molecule has 0 aliphatic carbocycles. The Morgan fingerprint density at radius 2 is 1.85 bits per heavy atom. The summed E-state index contributed by atoms with van der Waals surface area (Å²) in [6.45, 7) is 6.77. The van der Waals surface area contributed by atoms with Crippen LogP contribution in [-0.2, 0) is 12.7 Å². The summed E-state index contributed by atoms with van der Waals surface area (Å²) in [6, 6.07) is 7.80. The van der Waals surface area contributed by atoms with Crippen molar-refractivity contribution in [2.45, 2.75) is 26.6 Å². The van der Waals surface area contributed by atoms with Crippen molar-refractivity contribution < 1.29 is 18.0 Å². The molecule has 5 nitrogen and oxygen atoms in total. The molecule has 1 N–H and O–H groups in total. The molecule has 0 saturated carbocycles. The highest BCUT2D eigenvalue weighted by Crippen LogP contribution is 2.28. The molecule has 2 aromatic rings. The standard InChI is InChI=1S/C18H22ClF3N4O/c1-3-25(4-2)9-10-26(12-13-7-5-6-8-14(13)19)17(27)15-11-16(24-23-15)18(20,21)22/h5-8,11H,3-4,9-10,12H2,1-2H3,(H,23,24). The topological polar surface area (TPSA) is 52.2 Å². The number of hydrogen-bond donors (Lipinski definition) is 1. The van der Waals surface area contributed by atoms with Gasteiger partial charge in [0.25, 0.3) is 5.91 Å². The van der Waals surface area contributed by atoms with Crippen molar-refractivity contribution in [3.63, 3.8) is 0 Å². The number of halogens is 4. The van der Waals surface area contributed by atoms with Gasteiger partial charge in [0.1, 0.15) is 5.69 Å². The fourth-order valence-corrected chi connectivity index (χ4v) is 2.82. The molecule has 1 amide bonds. The summed E-state index contributed by atoms with van der Waals surface area (Å²) in [4.78, 5) is 16.4. The lowest BCUT2D eigenvalue weighted by Crippen LogP contribution is -2.38. The predicted molar refractivity (Wildman–Crippen MR) is 97.6 cm³/mol. The highest BCUT2D eigenvalue weighted by atomic mass is 35.5. The second-order valence-electron chi connectivity index (χ2n) is 6.01. The third-order valence-corrected chi connectivity index (χ3v) is 4.66. The van der Waals surface area contributed by atoms with E-state index in [9.17, 15) is 18.0 Å². The number of carbonyl (C=O) groups excluding carboxylic acids is 1. The number of nitrogens with one attached hydrogen (secondary N) is 1. The van der Waals surface area contributed by atoms with Gasteiger partial charge in [-0.3, -0.25) is 9.89 Å². The first-order valence-electron chi connectivity index (χ1n) is 8.63. The molecule has 0 bridgehead atoms. The predicted octanol–water partition coefficient (Wildman–Crippen LogP) is 4.07. The number of amides is 1. The zero-order chi connectivity index (χ0) is 20.0. The van der Waals surface area contributed by atoms with E-state index in [4.69, 9.17) is 11.6 Å². The maximum Gasteiger partial charge on any atom is 0.432 e. The molecule has 0 aliphatic rings. The van der Waals surface area contributed by atoms with Crippen LogP contribution in [0.4, 0.5) is 13.2 Å². The molecule has 27 heavy (non-hydrogen) atoms. The van der Waals surface area contributed by atoms with Crippen molar-refractivity contribution in [2.24, 2.45) is 0 Å². The number of rotatable bonds is 8. The number of carbonyl (C=O) groups is 1. The van der Waals surface area contributed by atoms with E-state index >= 15 is 0 Å². The summed E-state index contributed by atoms with van der Waals surface area (Å²) >= 11 is 6.18. The number of H-pyrrole nitrogens is 1. The molecular weight excluding hydrogens is 381 g/mol. The van der Waals surface area contributed by atoms with E-state index in [0.29, 0.717) is 18.1 Å². The molecule has 9 heteroatoms. The summed E-state index contributed by atoms with van der Waals surface area (Å²) in [6.07, 6.45) is -4.58. The Morgan fingerprint density at radius 1 is 1.19 bits per heavy atom. The van der Waals surface area contributed by atoms with Crippen molar-refractivity contribution in [3.05, 3.63) is 52.3 Å². The summed E-state index contributed by atoms with van der Waals surface area (Å²) in [5.41, 5.74) is -0.597. The highest BCUT2D eigenvalue weighted by molar-refractivity contribution is 6.31. The van der Waals surface area contributed by atoms with Crippen LogP contribution in [0.15, 0.2) is 30.3 Å². The van der Waals surface area contributed by atoms with E-state index in [-0.39, 0.29) is 12.2 Å². The molecule has 1 aromatic heterocycles. The second kappa shape index (κ2) is 9.23. The lowest BCUT2D eigenvalue weighted by atomic mass is 10.2. The minimum Gasteiger partial charge on any atom is -0.332 e. The Hall–Kier alpha value is -2.06. The molecule has 148 valence electrons. The Labute approximate surface area is 161 Å². The molecule has 2 rings (SSSR count). The van der Waals surface area contributed by atoms with Crippen LogP contribution in [0.5, 0.6) is 0 Å². The van der Waals surface area contributed by atoms with Gasteiger partial charge in [0.05, 0.1) is 0 Å². The van der Waals surface area contributed by atoms with Gasteiger partial charge in [-0.15, -0.1) is 0 Å². The lowest BCUT2D eigenvalue weighted by molar-refractivity contribution is -0.141. The Morgan fingerprint density at radius 3 is 2.41 bits per heavy atom. The highest BCUT2D eigenvalue weighted by Gasteiger charge is 2.34. The van der Waals surface area contributed by atoms with Crippen LogP contribution in [0.1, 0.15) is 35.6 Å².